The van der Waals surface area contributed by atoms with Crippen LogP contribution in [0, 0.1) is 5.82 Å². The number of aryl methyl sites for hydroxylation is 1. The molecule has 1 fully saturated rings. The summed E-state index contributed by atoms with van der Waals surface area (Å²) in [6.45, 7) is 5.73. The Morgan fingerprint density at radius 3 is 2.85 bits per heavy atom. The lowest BCUT2D eigenvalue weighted by molar-refractivity contribution is 0.559. The van der Waals surface area contributed by atoms with E-state index in [9.17, 15) is 9.18 Å². The first-order chi connectivity index (χ1) is 9.70. The molecule has 5 nitrogen and oxygen atoms in total. The van der Waals surface area contributed by atoms with Gasteiger partial charge < -0.3 is 14.8 Å². The number of hydrogen-bond donors (Lipinski definition) is 1. The van der Waals surface area contributed by atoms with Crippen LogP contribution in [0.2, 0.25) is 0 Å². The van der Waals surface area contributed by atoms with Crippen molar-refractivity contribution in [1.82, 2.24) is 14.9 Å². The molecular weight excluding hydrogens is 259 g/mol. The molecule has 1 N–H and O–H groups in total. The zero-order chi connectivity index (χ0) is 14.1. The van der Waals surface area contributed by atoms with Crippen LogP contribution in [-0.4, -0.2) is 35.7 Å². The van der Waals surface area contributed by atoms with Crippen LogP contribution in [0.15, 0.2) is 23.1 Å². The van der Waals surface area contributed by atoms with Crippen molar-refractivity contribution in [3.8, 4) is 0 Å². The normalized spacial score (nSPS) is 15.8. The fourth-order valence-corrected chi connectivity index (χ4v) is 2.54. The molecule has 1 aliphatic heterocycles. The molecule has 2 aromatic heterocycles. The number of nitrogens with zero attached hydrogens (tertiary/aromatic N) is 3. The van der Waals surface area contributed by atoms with Gasteiger partial charge in [-0.05, 0) is 13.0 Å². The van der Waals surface area contributed by atoms with E-state index in [4.69, 9.17) is 0 Å². The molecule has 1 aliphatic rings. The maximum atomic E-state index is 14.2. The second kappa shape index (κ2) is 5.20. The summed E-state index contributed by atoms with van der Waals surface area (Å²) in [4.78, 5) is 18.2. The van der Waals surface area contributed by atoms with E-state index in [1.54, 1.807) is 6.20 Å². The van der Waals surface area contributed by atoms with Crippen LogP contribution in [0.3, 0.4) is 0 Å². The monoisotopic (exact) mass is 276 g/mol. The average Bonchev–Trinajstić information content (AvgIpc) is 2.49. The highest BCUT2D eigenvalue weighted by Gasteiger charge is 2.18. The van der Waals surface area contributed by atoms with Gasteiger partial charge in [0.25, 0.3) is 0 Å². The molecule has 0 aliphatic carbocycles. The largest absolute Gasteiger partial charge is 0.352 e. The zero-order valence-electron chi connectivity index (χ0n) is 11.4. The molecule has 20 heavy (non-hydrogen) atoms. The third-order valence-electron chi connectivity index (χ3n) is 3.64. The Bertz CT molecular complexity index is 691. The number of aromatic nitrogens is 2. The molecule has 2 aromatic rings. The smallest absolute Gasteiger partial charge is 0.191 e. The van der Waals surface area contributed by atoms with Crippen molar-refractivity contribution in [2.45, 2.75) is 13.5 Å². The van der Waals surface area contributed by atoms with Crippen molar-refractivity contribution in [3.05, 3.63) is 34.4 Å². The topological polar surface area (TPSA) is 50.2 Å². The van der Waals surface area contributed by atoms with Gasteiger partial charge in [0.1, 0.15) is 5.65 Å². The maximum absolute atomic E-state index is 14.2. The van der Waals surface area contributed by atoms with Crippen LogP contribution >= 0.6 is 0 Å². The van der Waals surface area contributed by atoms with E-state index < -0.39 is 5.82 Å². The maximum Gasteiger partial charge on any atom is 0.191 e. The molecule has 1 saturated heterocycles. The molecular formula is C14H17FN4O. The van der Waals surface area contributed by atoms with Gasteiger partial charge in [0.2, 0.25) is 0 Å². The first-order valence-electron chi connectivity index (χ1n) is 6.86. The summed E-state index contributed by atoms with van der Waals surface area (Å²) in [6, 6.07) is 2.77. The number of pyridine rings is 2. The molecule has 0 amide bonds. The Hall–Kier alpha value is -1.95. The predicted octanol–water partition coefficient (Wildman–Crippen LogP) is 0.965. The molecule has 0 bridgehead atoms. The van der Waals surface area contributed by atoms with Crippen molar-refractivity contribution in [2.75, 3.05) is 31.1 Å². The quantitative estimate of drug-likeness (QED) is 0.888. The number of halogens is 1. The predicted molar refractivity (Wildman–Crippen MR) is 76.7 cm³/mol. The number of rotatable bonds is 2. The summed E-state index contributed by atoms with van der Waals surface area (Å²) in [5, 5.41) is 3.56. The van der Waals surface area contributed by atoms with Crippen LogP contribution in [0.1, 0.15) is 6.92 Å². The first kappa shape index (κ1) is 13.1. The van der Waals surface area contributed by atoms with Crippen molar-refractivity contribution in [3.63, 3.8) is 0 Å². The standard InChI is InChI=1S/C14H17FN4O/c1-2-18-6-3-12(20)10-9-11(15)14(17-13(10)18)19-7-4-16-5-8-19/h3,6,9,16H,2,4-5,7-8H2,1H3. The zero-order valence-corrected chi connectivity index (χ0v) is 11.4. The summed E-state index contributed by atoms with van der Waals surface area (Å²) < 4.78 is 16.1. The Kier molecular flexibility index (Phi) is 3.40. The fraction of sp³-hybridized carbons (Fsp3) is 0.429. The van der Waals surface area contributed by atoms with Gasteiger partial charge in [0.05, 0.1) is 5.39 Å². The van der Waals surface area contributed by atoms with Gasteiger partial charge in [-0.15, -0.1) is 0 Å². The summed E-state index contributed by atoms with van der Waals surface area (Å²) in [6.07, 6.45) is 1.71. The molecule has 3 rings (SSSR count). The van der Waals surface area contributed by atoms with Crippen molar-refractivity contribution in [1.29, 1.82) is 0 Å². The number of piperazine rings is 1. The lowest BCUT2D eigenvalue weighted by Crippen LogP contribution is -2.44. The molecule has 106 valence electrons. The lowest BCUT2D eigenvalue weighted by Gasteiger charge is -2.28. The molecule has 0 spiro atoms. The van der Waals surface area contributed by atoms with Crippen LogP contribution in [-0.2, 0) is 6.54 Å². The molecule has 0 saturated carbocycles. The van der Waals surface area contributed by atoms with Crippen molar-refractivity contribution in [2.24, 2.45) is 0 Å². The van der Waals surface area contributed by atoms with Crippen LogP contribution in [0.4, 0.5) is 10.2 Å². The lowest BCUT2D eigenvalue weighted by atomic mass is 10.2. The third kappa shape index (κ3) is 2.16. The van der Waals surface area contributed by atoms with E-state index in [2.05, 4.69) is 10.3 Å². The summed E-state index contributed by atoms with van der Waals surface area (Å²) in [5.74, 6) is -0.0860. The summed E-state index contributed by atoms with van der Waals surface area (Å²) >= 11 is 0. The van der Waals surface area contributed by atoms with Gasteiger partial charge in [-0.3, -0.25) is 4.79 Å². The van der Waals surface area contributed by atoms with Gasteiger partial charge >= 0.3 is 0 Å². The van der Waals surface area contributed by atoms with Gasteiger partial charge in [-0.25, -0.2) is 9.37 Å². The highest BCUT2D eigenvalue weighted by Crippen LogP contribution is 2.21. The van der Waals surface area contributed by atoms with Crippen LogP contribution in [0.5, 0.6) is 0 Å². The SMILES string of the molecule is CCn1ccc(=O)c2cc(F)c(N3CCNCC3)nc21. The molecule has 0 radical (unpaired) electrons. The van der Waals surface area contributed by atoms with Gasteiger partial charge in [-0.2, -0.15) is 0 Å². The van der Waals surface area contributed by atoms with Gasteiger partial charge in [-0.1, -0.05) is 0 Å². The Balaban J connectivity index is 2.18. The number of anilines is 1. The van der Waals surface area contributed by atoms with E-state index in [-0.39, 0.29) is 5.43 Å². The molecule has 3 heterocycles. The van der Waals surface area contributed by atoms with E-state index in [0.717, 1.165) is 26.2 Å². The number of fused-ring (bicyclic) bond motifs is 1. The fourth-order valence-electron chi connectivity index (χ4n) is 2.54. The second-order valence-electron chi connectivity index (χ2n) is 4.87. The minimum atomic E-state index is -0.426. The van der Waals surface area contributed by atoms with Crippen LogP contribution < -0.4 is 15.6 Å². The van der Waals surface area contributed by atoms with Crippen LogP contribution in [0.25, 0.3) is 11.0 Å². The Labute approximate surface area is 116 Å². The number of hydrogen-bond acceptors (Lipinski definition) is 4. The minimum Gasteiger partial charge on any atom is -0.352 e. The molecule has 6 heteroatoms. The average molecular weight is 276 g/mol. The third-order valence-corrected chi connectivity index (χ3v) is 3.64. The van der Waals surface area contributed by atoms with Crippen molar-refractivity contribution >= 4 is 16.9 Å². The van der Waals surface area contributed by atoms with Gasteiger partial charge in [0, 0.05) is 45.0 Å². The van der Waals surface area contributed by atoms with E-state index in [0.29, 0.717) is 23.4 Å². The molecule has 0 aromatic carbocycles. The van der Waals surface area contributed by atoms with E-state index in [1.807, 2.05) is 16.4 Å². The molecule has 0 unspecified atom stereocenters. The Morgan fingerprint density at radius 2 is 2.15 bits per heavy atom. The summed E-state index contributed by atoms with van der Waals surface area (Å²) in [7, 11) is 0. The highest BCUT2D eigenvalue weighted by molar-refractivity contribution is 5.77. The molecule has 0 atom stereocenters. The van der Waals surface area contributed by atoms with E-state index >= 15 is 0 Å². The van der Waals surface area contributed by atoms with Gasteiger partial charge in [0.15, 0.2) is 17.1 Å². The minimum absolute atomic E-state index is 0.192. The Morgan fingerprint density at radius 1 is 1.40 bits per heavy atom. The van der Waals surface area contributed by atoms with Crippen molar-refractivity contribution < 1.29 is 4.39 Å². The second-order valence-corrected chi connectivity index (χ2v) is 4.87. The summed E-state index contributed by atoms with van der Waals surface area (Å²) in [5.41, 5.74) is 0.359. The highest BCUT2D eigenvalue weighted by atomic mass is 19.1. The first-order valence-corrected chi connectivity index (χ1v) is 6.86. The number of nitrogens with one attached hydrogen (secondary N) is 1. The van der Waals surface area contributed by atoms with E-state index in [1.165, 1.54) is 12.1 Å².